The first-order valence-electron chi connectivity index (χ1n) is 7.22. The predicted octanol–water partition coefficient (Wildman–Crippen LogP) is 3.36. The predicted molar refractivity (Wildman–Crippen MR) is 88.0 cm³/mol. The summed E-state index contributed by atoms with van der Waals surface area (Å²) in [6.07, 6.45) is 3.07. The van der Waals surface area contributed by atoms with Gasteiger partial charge in [-0.1, -0.05) is 44.6 Å². The van der Waals surface area contributed by atoms with E-state index in [1.807, 2.05) is 17.0 Å². The van der Waals surface area contributed by atoms with Crippen LogP contribution in [0.4, 0.5) is 0 Å². The lowest BCUT2D eigenvalue weighted by Crippen LogP contribution is -2.39. The molecule has 0 bridgehead atoms. The minimum atomic E-state index is 0.0855. The Kier molecular flexibility index (Phi) is 6.65. The summed E-state index contributed by atoms with van der Waals surface area (Å²) < 4.78 is 0. The van der Waals surface area contributed by atoms with Crippen LogP contribution in [0.3, 0.4) is 0 Å². The van der Waals surface area contributed by atoms with Crippen LogP contribution in [0.15, 0.2) is 24.3 Å². The van der Waals surface area contributed by atoms with Crippen molar-refractivity contribution in [3.05, 3.63) is 35.4 Å². The maximum absolute atomic E-state index is 12.6. The van der Waals surface area contributed by atoms with Gasteiger partial charge in [-0.3, -0.25) is 4.79 Å². The highest BCUT2D eigenvalue weighted by Gasteiger charge is 2.19. The normalized spacial score (nSPS) is 11.9. The Morgan fingerprint density at radius 3 is 2.25 bits per heavy atom. The molecule has 0 heterocycles. The minimum absolute atomic E-state index is 0.0855. The zero-order chi connectivity index (χ0) is 15.1. The third-order valence-corrected chi connectivity index (χ3v) is 3.79. The number of hydrogen-bond acceptors (Lipinski definition) is 2. The van der Waals surface area contributed by atoms with E-state index in [4.69, 9.17) is 18.0 Å². The summed E-state index contributed by atoms with van der Waals surface area (Å²) in [5.74, 6) is 0.0855. The molecule has 1 atom stereocenters. The Bertz CT molecular complexity index is 456. The van der Waals surface area contributed by atoms with Gasteiger partial charge < -0.3 is 10.6 Å². The van der Waals surface area contributed by atoms with Crippen molar-refractivity contribution in [3.63, 3.8) is 0 Å². The minimum Gasteiger partial charge on any atom is -0.389 e. The van der Waals surface area contributed by atoms with Gasteiger partial charge in [-0.25, -0.2) is 0 Å². The highest BCUT2D eigenvalue weighted by Crippen LogP contribution is 2.13. The van der Waals surface area contributed by atoms with Gasteiger partial charge in [0.1, 0.15) is 4.99 Å². The van der Waals surface area contributed by atoms with Gasteiger partial charge in [-0.05, 0) is 31.9 Å². The van der Waals surface area contributed by atoms with Crippen LogP contribution in [0.1, 0.15) is 56.0 Å². The first-order chi connectivity index (χ1) is 9.51. The summed E-state index contributed by atoms with van der Waals surface area (Å²) in [6, 6.07) is 7.48. The van der Waals surface area contributed by atoms with Crippen molar-refractivity contribution >= 4 is 23.1 Å². The quantitative estimate of drug-likeness (QED) is 0.784. The van der Waals surface area contributed by atoms with Crippen molar-refractivity contribution in [2.45, 2.75) is 46.1 Å². The van der Waals surface area contributed by atoms with Crippen LogP contribution in [0.25, 0.3) is 0 Å². The largest absolute Gasteiger partial charge is 0.389 e. The SMILES string of the molecule is CCCCN(C(=O)c1ccc(C(N)=S)cc1)C(C)CC. The first-order valence-corrected chi connectivity index (χ1v) is 7.62. The Morgan fingerprint density at radius 2 is 1.80 bits per heavy atom. The highest BCUT2D eigenvalue weighted by atomic mass is 32.1. The summed E-state index contributed by atoms with van der Waals surface area (Å²) >= 11 is 4.92. The van der Waals surface area contributed by atoms with Crippen LogP contribution >= 0.6 is 12.2 Å². The van der Waals surface area contributed by atoms with Crippen molar-refractivity contribution in [1.29, 1.82) is 0 Å². The van der Waals surface area contributed by atoms with E-state index in [9.17, 15) is 4.79 Å². The van der Waals surface area contributed by atoms with Crippen molar-refractivity contribution in [2.24, 2.45) is 5.73 Å². The zero-order valence-electron chi connectivity index (χ0n) is 12.6. The van der Waals surface area contributed by atoms with Crippen LogP contribution in [-0.2, 0) is 0 Å². The van der Waals surface area contributed by atoms with Crippen LogP contribution in [0.5, 0.6) is 0 Å². The average Bonchev–Trinajstić information content (AvgIpc) is 2.47. The van der Waals surface area contributed by atoms with Crippen LogP contribution < -0.4 is 5.73 Å². The number of nitrogens with zero attached hydrogens (tertiary/aromatic N) is 1. The van der Waals surface area contributed by atoms with E-state index in [0.717, 1.165) is 31.4 Å². The maximum Gasteiger partial charge on any atom is 0.254 e. The highest BCUT2D eigenvalue weighted by molar-refractivity contribution is 7.80. The van der Waals surface area contributed by atoms with Crippen LogP contribution in [0.2, 0.25) is 0 Å². The molecule has 1 aromatic rings. The smallest absolute Gasteiger partial charge is 0.254 e. The van der Waals surface area contributed by atoms with Gasteiger partial charge >= 0.3 is 0 Å². The second-order valence-electron chi connectivity index (χ2n) is 5.05. The number of thiocarbonyl (C=S) groups is 1. The molecule has 0 saturated carbocycles. The zero-order valence-corrected chi connectivity index (χ0v) is 13.4. The van der Waals surface area contributed by atoms with Gasteiger partial charge in [-0.15, -0.1) is 0 Å². The van der Waals surface area contributed by atoms with Gasteiger partial charge in [0.25, 0.3) is 5.91 Å². The molecule has 0 aliphatic heterocycles. The van der Waals surface area contributed by atoms with Gasteiger partial charge in [0.2, 0.25) is 0 Å². The molecular formula is C16H24N2OS. The molecule has 0 spiro atoms. The lowest BCUT2D eigenvalue weighted by Gasteiger charge is -2.28. The van der Waals surface area contributed by atoms with E-state index in [-0.39, 0.29) is 11.9 Å². The molecule has 3 nitrogen and oxygen atoms in total. The van der Waals surface area contributed by atoms with Gasteiger partial charge in [0, 0.05) is 23.7 Å². The van der Waals surface area contributed by atoms with E-state index in [2.05, 4.69) is 20.8 Å². The number of rotatable bonds is 7. The summed E-state index contributed by atoms with van der Waals surface area (Å²) in [7, 11) is 0. The van der Waals surface area contributed by atoms with E-state index in [1.54, 1.807) is 12.1 Å². The number of carbonyl (C=O) groups excluding carboxylic acids is 1. The molecule has 0 aliphatic carbocycles. The number of amides is 1. The van der Waals surface area contributed by atoms with E-state index in [0.29, 0.717) is 10.6 Å². The monoisotopic (exact) mass is 292 g/mol. The number of nitrogens with two attached hydrogens (primary N) is 1. The Morgan fingerprint density at radius 1 is 1.25 bits per heavy atom. The number of unbranched alkanes of at least 4 members (excludes halogenated alkanes) is 1. The Labute approximate surface area is 127 Å². The fourth-order valence-corrected chi connectivity index (χ4v) is 2.15. The number of carbonyl (C=O) groups is 1. The Balaban J connectivity index is 2.90. The second-order valence-corrected chi connectivity index (χ2v) is 5.49. The molecule has 0 aliphatic rings. The summed E-state index contributed by atoms with van der Waals surface area (Å²) in [5.41, 5.74) is 7.06. The Hall–Kier alpha value is -1.42. The van der Waals surface area contributed by atoms with Crippen molar-refractivity contribution in [3.8, 4) is 0 Å². The molecule has 0 radical (unpaired) electrons. The van der Waals surface area contributed by atoms with Crippen molar-refractivity contribution in [2.75, 3.05) is 6.54 Å². The molecule has 20 heavy (non-hydrogen) atoms. The van der Waals surface area contributed by atoms with Crippen molar-refractivity contribution in [1.82, 2.24) is 4.90 Å². The van der Waals surface area contributed by atoms with Gasteiger partial charge in [-0.2, -0.15) is 0 Å². The maximum atomic E-state index is 12.6. The molecule has 0 fully saturated rings. The molecule has 1 rings (SSSR count). The molecule has 0 aromatic heterocycles. The molecule has 110 valence electrons. The van der Waals surface area contributed by atoms with E-state index >= 15 is 0 Å². The van der Waals surface area contributed by atoms with E-state index in [1.165, 1.54) is 0 Å². The van der Waals surface area contributed by atoms with Gasteiger partial charge in [0.05, 0.1) is 0 Å². The molecule has 1 aromatic carbocycles. The van der Waals surface area contributed by atoms with Crippen molar-refractivity contribution < 1.29 is 4.79 Å². The fourth-order valence-electron chi connectivity index (χ4n) is 2.01. The molecule has 1 amide bonds. The fraction of sp³-hybridized carbons (Fsp3) is 0.500. The van der Waals surface area contributed by atoms with Crippen LogP contribution in [-0.4, -0.2) is 28.4 Å². The molecule has 0 saturated heterocycles. The summed E-state index contributed by atoms with van der Waals surface area (Å²) in [4.78, 5) is 14.9. The molecule has 2 N–H and O–H groups in total. The average molecular weight is 292 g/mol. The topological polar surface area (TPSA) is 46.3 Å². The third-order valence-electron chi connectivity index (χ3n) is 3.55. The second kappa shape index (κ2) is 8.00. The lowest BCUT2D eigenvalue weighted by molar-refractivity contribution is 0.0685. The standard InChI is InChI=1S/C16H24N2OS/c1-4-6-11-18(12(3)5-2)16(19)14-9-7-13(8-10-14)15(17)20/h7-10,12H,4-6,11H2,1-3H3,(H2,17,20). The lowest BCUT2D eigenvalue weighted by atomic mass is 10.1. The number of benzene rings is 1. The summed E-state index contributed by atoms with van der Waals surface area (Å²) in [5, 5.41) is 0. The third kappa shape index (κ3) is 4.30. The molecular weight excluding hydrogens is 268 g/mol. The molecule has 1 unspecified atom stereocenters. The van der Waals surface area contributed by atoms with Gasteiger partial charge in [0.15, 0.2) is 0 Å². The number of hydrogen-bond donors (Lipinski definition) is 1. The van der Waals surface area contributed by atoms with Crippen LogP contribution in [0, 0.1) is 0 Å². The molecule has 4 heteroatoms. The summed E-state index contributed by atoms with van der Waals surface area (Å²) in [6.45, 7) is 7.14. The first kappa shape index (κ1) is 16.6. The van der Waals surface area contributed by atoms with E-state index < -0.39 is 0 Å².